The zero-order valence-electron chi connectivity index (χ0n) is 11.1. The number of aromatic carboxylic acids is 1. The van der Waals surface area contributed by atoms with Gasteiger partial charge in [-0.15, -0.1) is 0 Å². The maximum absolute atomic E-state index is 11.8. The van der Waals surface area contributed by atoms with Crippen molar-refractivity contribution in [1.82, 2.24) is 15.5 Å². The minimum Gasteiger partial charge on any atom is -0.478 e. The van der Waals surface area contributed by atoms with Crippen LogP contribution in [0.5, 0.6) is 0 Å². The number of amides is 2. The zero-order valence-corrected chi connectivity index (χ0v) is 11.9. The molecular weight excluding hydrogens is 296 g/mol. The molecule has 0 atom stereocenters. The molecule has 0 aliphatic carbocycles. The molecule has 1 aromatic carbocycles. The molecule has 8 heteroatoms. The lowest BCUT2D eigenvalue weighted by molar-refractivity contribution is 0.0697. The summed E-state index contributed by atoms with van der Waals surface area (Å²) >= 11 is 5.92. The molecule has 0 saturated carbocycles. The third-order valence-electron chi connectivity index (χ3n) is 2.84. The van der Waals surface area contributed by atoms with Crippen LogP contribution in [0.15, 0.2) is 24.4 Å². The first kappa shape index (κ1) is 14.9. The van der Waals surface area contributed by atoms with E-state index in [0.29, 0.717) is 6.54 Å². The average Bonchev–Trinajstić information content (AvgIpc) is 2.84. The Morgan fingerprint density at radius 2 is 2.19 bits per heavy atom. The number of carbonyl (C=O) groups excluding carboxylic acids is 1. The largest absolute Gasteiger partial charge is 0.478 e. The average molecular weight is 309 g/mol. The molecule has 2 aromatic rings. The van der Waals surface area contributed by atoms with Crippen molar-refractivity contribution in [3.63, 3.8) is 0 Å². The number of hydrogen-bond donors (Lipinski definition) is 4. The number of aryl methyl sites for hydroxylation is 1. The van der Waals surface area contributed by atoms with Crippen molar-refractivity contribution in [3.8, 4) is 0 Å². The number of hydrogen-bond acceptors (Lipinski definition) is 3. The molecule has 0 bridgehead atoms. The van der Waals surface area contributed by atoms with Crippen LogP contribution in [0.25, 0.3) is 0 Å². The minimum absolute atomic E-state index is 0.0420. The van der Waals surface area contributed by atoms with Gasteiger partial charge in [-0.3, -0.25) is 5.10 Å². The molecule has 0 fully saturated rings. The van der Waals surface area contributed by atoms with Gasteiger partial charge in [0.25, 0.3) is 0 Å². The van der Waals surface area contributed by atoms with Crippen molar-refractivity contribution < 1.29 is 14.7 Å². The number of carbonyl (C=O) groups is 2. The Kier molecular flexibility index (Phi) is 4.44. The van der Waals surface area contributed by atoms with Crippen LogP contribution in [0.2, 0.25) is 5.02 Å². The summed E-state index contributed by atoms with van der Waals surface area (Å²) in [5, 5.41) is 20.9. The summed E-state index contributed by atoms with van der Waals surface area (Å²) in [4.78, 5) is 22.7. The molecule has 0 unspecified atom stereocenters. The summed E-state index contributed by atoms with van der Waals surface area (Å²) in [7, 11) is 0. The number of rotatable bonds is 4. The number of halogens is 1. The number of carboxylic acid groups (broad SMARTS) is 1. The Bertz CT molecular complexity index is 684. The predicted octanol–water partition coefficient (Wildman–Crippen LogP) is 2.39. The summed E-state index contributed by atoms with van der Waals surface area (Å²) in [6, 6.07) is 3.59. The predicted molar refractivity (Wildman–Crippen MR) is 77.6 cm³/mol. The van der Waals surface area contributed by atoms with E-state index in [1.54, 1.807) is 6.20 Å². The Hall–Kier alpha value is -2.54. The van der Waals surface area contributed by atoms with E-state index < -0.39 is 12.0 Å². The second kappa shape index (κ2) is 6.27. The molecule has 2 amide bonds. The van der Waals surface area contributed by atoms with Crippen LogP contribution in [0.3, 0.4) is 0 Å². The first-order valence-corrected chi connectivity index (χ1v) is 6.41. The van der Waals surface area contributed by atoms with E-state index in [0.717, 1.165) is 11.3 Å². The Morgan fingerprint density at radius 1 is 1.43 bits per heavy atom. The Morgan fingerprint density at radius 3 is 2.81 bits per heavy atom. The molecule has 0 spiro atoms. The lowest BCUT2D eigenvalue weighted by Crippen LogP contribution is -2.28. The van der Waals surface area contributed by atoms with Crippen LogP contribution in [0.1, 0.15) is 21.6 Å². The molecule has 1 aromatic heterocycles. The second-order valence-corrected chi connectivity index (χ2v) is 4.73. The van der Waals surface area contributed by atoms with E-state index in [1.165, 1.54) is 18.2 Å². The molecule has 110 valence electrons. The smallest absolute Gasteiger partial charge is 0.335 e. The molecular formula is C13H13ClN4O3. The van der Waals surface area contributed by atoms with E-state index in [1.807, 2.05) is 6.92 Å². The lowest BCUT2D eigenvalue weighted by atomic mass is 10.2. The van der Waals surface area contributed by atoms with Crippen LogP contribution in [-0.4, -0.2) is 27.3 Å². The van der Waals surface area contributed by atoms with Crippen molar-refractivity contribution in [1.29, 1.82) is 0 Å². The van der Waals surface area contributed by atoms with Gasteiger partial charge in [-0.2, -0.15) is 5.10 Å². The highest BCUT2D eigenvalue weighted by Crippen LogP contribution is 2.23. The number of carboxylic acids is 1. The number of anilines is 1. The summed E-state index contributed by atoms with van der Waals surface area (Å²) in [6.45, 7) is 2.14. The quantitative estimate of drug-likeness (QED) is 0.695. The molecule has 0 aliphatic heterocycles. The highest BCUT2D eigenvalue weighted by Gasteiger charge is 2.10. The van der Waals surface area contributed by atoms with Gasteiger partial charge in [0, 0.05) is 17.8 Å². The van der Waals surface area contributed by atoms with Crippen molar-refractivity contribution >= 4 is 29.3 Å². The summed E-state index contributed by atoms with van der Waals surface area (Å²) < 4.78 is 0. The standard InChI is InChI=1S/C13H13ClN4O3/c1-7-9(6-16-18-7)5-15-13(21)17-11-4-8(12(19)20)2-3-10(11)14/h2-4,6H,5H2,1H3,(H,16,18)(H,19,20)(H2,15,17,21). The van der Waals surface area contributed by atoms with Crippen LogP contribution in [0, 0.1) is 6.92 Å². The van der Waals surface area contributed by atoms with Crippen LogP contribution < -0.4 is 10.6 Å². The van der Waals surface area contributed by atoms with Crippen molar-refractivity contribution in [2.24, 2.45) is 0 Å². The number of nitrogens with one attached hydrogen (secondary N) is 3. The molecule has 0 aliphatic rings. The van der Waals surface area contributed by atoms with Crippen molar-refractivity contribution in [3.05, 3.63) is 46.2 Å². The monoisotopic (exact) mass is 308 g/mol. The highest BCUT2D eigenvalue weighted by molar-refractivity contribution is 6.33. The Balaban J connectivity index is 2.01. The Labute approximate surface area is 125 Å². The molecule has 0 saturated heterocycles. The summed E-state index contributed by atoms with van der Waals surface area (Å²) in [6.07, 6.45) is 1.62. The van der Waals surface area contributed by atoms with Crippen LogP contribution in [-0.2, 0) is 6.54 Å². The summed E-state index contributed by atoms with van der Waals surface area (Å²) in [5.74, 6) is -1.09. The van der Waals surface area contributed by atoms with E-state index >= 15 is 0 Å². The number of benzene rings is 1. The van der Waals surface area contributed by atoms with Gasteiger partial charge in [-0.05, 0) is 25.1 Å². The number of urea groups is 1. The van der Waals surface area contributed by atoms with Gasteiger partial charge in [0.15, 0.2) is 0 Å². The summed E-state index contributed by atoms with van der Waals surface area (Å²) in [5.41, 5.74) is 2.00. The first-order chi connectivity index (χ1) is 9.97. The number of H-pyrrole nitrogens is 1. The lowest BCUT2D eigenvalue weighted by Gasteiger charge is -2.09. The van der Waals surface area contributed by atoms with E-state index in [9.17, 15) is 9.59 Å². The van der Waals surface area contributed by atoms with Crippen molar-refractivity contribution in [2.75, 3.05) is 5.32 Å². The minimum atomic E-state index is -1.09. The van der Waals surface area contributed by atoms with Gasteiger partial charge in [0.2, 0.25) is 0 Å². The maximum Gasteiger partial charge on any atom is 0.335 e. The van der Waals surface area contributed by atoms with Gasteiger partial charge in [-0.25, -0.2) is 9.59 Å². The zero-order chi connectivity index (χ0) is 15.4. The first-order valence-electron chi connectivity index (χ1n) is 6.04. The highest BCUT2D eigenvalue weighted by atomic mass is 35.5. The maximum atomic E-state index is 11.8. The van der Waals surface area contributed by atoms with Crippen LogP contribution in [0.4, 0.5) is 10.5 Å². The molecule has 1 heterocycles. The molecule has 21 heavy (non-hydrogen) atoms. The topological polar surface area (TPSA) is 107 Å². The third kappa shape index (κ3) is 3.73. The van der Waals surface area contributed by atoms with Crippen LogP contribution >= 0.6 is 11.6 Å². The number of nitrogens with zero attached hydrogens (tertiary/aromatic N) is 1. The van der Waals surface area contributed by atoms with Gasteiger partial charge in [-0.1, -0.05) is 11.6 Å². The fraction of sp³-hybridized carbons (Fsp3) is 0.154. The SMILES string of the molecule is Cc1[nH]ncc1CNC(=O)Nc1cc(C(=O)O)ccc1Cl. The molecule has 0 radical (unpaired) electrons. The molecule has 4 N–H and O–H groups in total. The third-order valence-corrected chi connectivity index (χ3v) is 3.16. The normalized spacial score (nSPS) is 10.2. The molecule has 2 rings (SSSR count). The van der Waals surface area contributed by atoms with Crippen molar-refractivity contribution in [2.45, 2.75) is 13.5 Å². The van der Waals surface area contributed by atoms with E-state index in [-0.39, 0.29) is 16.3 Å². The van der Waals surface area contributed by atoms with Gasteiger partial charge in [0.1, 0.15) is 0 Å². The fourth-order valence-electron chi connectivity index (χ4n) is 1.65. The van der Waals surface area contributed by atoms with Gasteiger partial charge in [0.05, 0.1) is 22.5 Å². The number of aromatic nitrogens is 2. The second-order valence-electron chi connectivity index (χ2n) is 4.33. The van der Waals surface area contributed by atoms with Gasteiger partial charge >= 0.3 is 12.0 Å². The van der Waals surface area contributed by atoms with E-state index in [2.05, 4.69) is 20.8 Å². The fourth-order valence-corrected chi connectivity index (χ4v) is 1.81. The van der Waals surface area contributed by atoms with Gasteiger partial charge < -0.3 is 15.7 Å². The number of aromatic amines is 1. The molecule has 7 nitrogen and oxygen atoms in total. The van der Waals surface area contributed by atoms with E-state index in [4.69, 9.17) is 16.7 Å².